The van der Waals surface area contributed by atoms with Crippen molar-refractivity contribution in [3.8, 4) is 6.07 Å². The van der Waals surface area contributed by atoms with Gasteiger partial charge in [0.15, 0.2) is 0 Å². The summed E-state index contributed by atoms with van der Waals surface area (Å²) in [6.07, 6.45) is 4.51. The van der Waals surface area contributed by atoms with Gasteiger partial charge in [-0.15, -0.1) is 5.10 Å². The molecular formula is C21H25N7OS. The molecule has 0 atom stereocenters. The van der Waals surface area contributed by atoms with Crippen LogP contribution >= 0.6 is 11.8 Å². The highest BCUT2D eigenvalue weighted by atomic mass is 32.2. The Morgan fingerprint density at radius 3 is 2.70 bits per heavy atom. The van der Waals surface area contributed by atoms with Crippen LogP contribution < -0.4 is 5.32 Å². The van der Waals surface area contributed by atoms with E-state index in [2.05, 4.69) is 31.0 Å². The Balaban J connectivity index is 1.52. The third-order valence-corrected chi connectivity index (χ3v) is 6.59. The van der Waals surface area contributed by atoms with E-state index in [4.69, 9.17) is 0 Å². The van der Waals surface area contributed by atoms with E-state index < -0.39 is 0 Å². The van der Waals surface area contributed by atoms with Crippen LogP contribution in [0.3, 0.4) is 0 Å². The topological polar surface area (TPSA) is 101 Å². The minimum atomic E-state index is -0.173. The van der Waals surface area contributed by atoms with Crippen molar-refractivity contribution in [3.05, 3.63) is 34.3 Å². The molecule has 0 aliphatic heterocycles. The first-order valence-electron chi connectivity index (χ1n) is 10.1. The molecule has 8 nitrogen and oxygen atoms in total. The molecule has 1 saturated carbocycles. The van der Waals surface area contributed by atoms with Crippen molar-refractivity contribution in [1.82, 2.24) is 24.1 Å². The Bertz CT molecular complexity index is 1160. The molecule has 1 aliphatic rings. The largest absolute Gasteiger partial charge is 0.327 e. The summed E-state index contributed by atoms with van der Waals surface area (Å²) in [5.74, 6) is 1.14. The lowest BCUT2D eigenvalue weighted by Crippen LogP contribution is -2.19. The molecular weight excluding hydrogens is 398 g/mol. The van der Waals surface area contributed by atoms with Crippen molar-refractivity contribution < 1.29 is 4.79 Å². The van der Waals surface area contributed by atoms with Gasteiger partial charge in [0.2, 0.25) is 11.1 Å². The normalized spacial score (nSPS) is 14.4. The van der Waals surface area contributed by atoms with Gasteiger partial charge in [-0.1, -0.05) is 24.6 Å². The van der Waals surface area contributed by atoms with Crippen LogP contribution in [0.15, 0.2) is 11.2 Å². The summed E-state index contributed by atoms with van der Waals surface area (Å²) >= 11 is 1.26. The summed E-state index contributed by atoms with van der Waals surface area (Å²) in [4.78, 5) is 21.5. The maximum atomic E-state index is 12.7. The lowest BCUT2D eigenvalue weighted by molar-refractivity contribution is -0.113. The minimum absolute atomic E-state index is 0.160. The Morgan fingerprint density at radius 2 is 2.00 bits per heavy atom. The van der Waals surface area contributed by atoms with E-state index >= 15 is 0 Å². The Morgan fingerprint density at radius 1 is 1.27 bits per heavy atom. The molecule has 3 aromatic heterocycles. The number of thioether (sulfide) groups is 1. The van der Waals surface area contributed by atoms with E-state index in [1.165, 1.54) is 24.6 Å². The van der Waals surface area contributed by atoms with Crippen molar-refractivity contribution in [2.75, 3.05) is 11.1 Å². The quantitative estimate of drug-likeness (QED) is 0.625. The van der Waals surface area contributed by atoms with Gasteiger partial charge >= 0.3 is 0 Å². The molecule has 0 saturated heterocycles. The molecule has 4 rings (SSSR count). The third kappa shape index (κ3) is 3.67. The third-order valence-electron chi connectivity index (χ3n) is 5.75. The average molecular weight is 424 g/mol. The van der Waals surface area contributed by atoms with Crippen LogP contribution in [0.4, 0.5) is 5.82 Å². The standard InChI is InChI=1S/C21H25N7OS/c1-12-9-13(2)28-20(23-12)25-21(26-28)30-11-18(29)24-19-17(10-22)14(3)15(4)27(19)16-7-5-6-8-16/h9,16H,5-8,11H2,1-4H3,(H,24,29). The predicted octanol–water partition coefficient (Wildman–Crippen LogP) is 3.88. The van der Waals surface area contributed by atoms with Gasteiger partial charge in [0.1, 0.15) is 11.9 Å². The van der Waals surface area contributed by atoms with Gasteiger partial charge < -0.3 is 9.88 Å². The maximum Gasteiger partial charge on any atom is 0.253 e. The number of anilines is 1. The Labute approximate surface area is 179 Å². The van der Waals surface area contributed by atoms with Crippen LogP contribution in [-0.4, -0.2) is 35.8 Å². The van der Waals surface area contributed by atoms with Gasteiger partial charge in [-0.05, 0) is 52.2 Å². The molecule has 9 heteroatoms. The monoisotopic (exact) mass is 423 g/mol. The first-order valence-corrected chi connectivity index (χ1v) is 11.1. The lowest BCUT2D eigenvalue weighted by Gasteiger charge is -2.19. The maximum absolute atomic E-state index is 12.7. The molecule has 1 aliphatic carbocycles. The molecule has 1 N–H and O–H groups in total. The SMILES string of the molecule is Cc1cc(C)n2nc(SCC(=O)Nc3c(C#N)c(C)c(C)n3C3CCCC3)nc2n1. The van der Waals surface area contributed by atoms with Gasteiger partial charge in [0.05, 0.1) is 11.3 Å². The second-order valence-electron chi connectivity index (χ2n) is 7.84. The van der Waals surface area contributed by atoms with Crippen LogP contribution in [0.5, 0.6) is 0 Å². The first-order chi connectivity index (χ1) is 14.4. The van der Waals surface area contributed by atoms with Crippen LogP contribution in [0.25, 0.3) is 5.78 Å². The molecule has 30 heavy (non-hydrogen) atoms. The van der Waals surface area contributed by atoms with Crippen LogP contribution in [0, 0.1) is 39.0 Å². The molecule has 0 spiro atoms. The summed E-state index contributed by atoms with van der Waals surface area (Å²) in [6, 6.07) is 4.56. The Kier molecular flexibility index (Phi) is 5.52. The Hall–Kier alpha value is -2.86. The fraction of sp³-hybridized carbons (Fsp3) is 0.476. The number of nitrogens with one attached hydrogen (secondary N) is 1. The summed E-state index contributed by atoms with van der Waals surface area (Å²) in [5.41, 5.74) is 4.37. The van der Waals surface area contributed by atoms with E-state index in [9.17, 15) is 10.1 Å². The smallest absolute Gasteiger partial charge is 0.253 e. The zero-order valence-electron chi connectivity index (χ0n) is 17.7. The summed E-state index contributed by atoms with van der Waals surface area (Å²) in [7, 11) is 0. The molecule has 1 amide bonds. The fourth-order valence-electron chi connectivity index (χ4n) is 4.21. The number of nitrogens with zero attached hydrogens (tertiary/aromatic N) is 6. The highest BCUT2D eigenvalue weighted by Gasteiger charge is 2.26. The van der Waals surface area contributed by atoms with E-state index in [1.807, 2.05) is 33.8 Å². The van der Waals surface area contributed by atoms with Crippen LogP contribution in [0.1, 0.15) is 59.9 Å². The summed E-state index contributed by atoms with van der Waals surface area (Å²) in [6.45, 7) is 7.83. The van der Waals surface area contributed by atoms with Crippen molar-refractivity contribution >= 4 is 29.3 Å². The van der Waals surface area contributed by atoms with Crippen molar-refractivity contribution in [3.63, 3.8) is 0 Å². The van der Waals surface area contributed by atoms with Gasteiger partial charge in [-0.3, -0.25) is 4.79 Å². The highest BCUT2D eigenvalue weighted by Crippen LogP contribution is 2.37. The molecule has 3 aromatic rings. The second kappa shape index (κ2) is 8.11. The zero-order chi connectivity index (χ0) is 21.4. The summed E-state index contributed by atoms with van der Waals surface area (Å²) in [5, 5.41) is 17.6. The van der Waals surface area contributed by atoms with Gasteiger partial charge in [-0.25, -0.2) is 9.50 Å². The van der Waals surface area contributed by atoms with Crippen molar-refractivity contribution in [2.45, 2.75) is 64.6 Å². The highest BCUT2D eigenvalue weighted by molar-refractivity contribution is 7.99. The zero-order valence-corrected chi connectivity index (χ0v) is 18.5. The minimum Gasteiger partial charge on any atom is -0.327 e. The molecule has 1 fully saturated rings. The van der Waals surface area contributed by atoms with E-state index in [0.717, 1.165) is 35.5 Å². The lowest BCUT2D eigenvalue weighted by atomic mass is 10.2. The molecule has 0 radical (unpaired) electrons. The number of aromatic nitrogens is 5. The van der Waals surface area contributed by atoms with Gasteiger partial charge in [0, 0.05) is 23.1 Å². The average Bonchev–Trinajstić information content (AvgIpc) is 3.40. The molecule has 0 unspecified atom stereocenters. The number of aryl methyl sites for hydroxylation is 2. The van der Waals surface area contributed by atoms with Gasteiger partial charge in [-0.2, -0.15) is 10.2 Å². The second-order valence-corrected chi connectivity index (χ2v) is 8.78. The summed E-state index contributed by atoms with van der Waals surface area (Å²) < 4.78 is 3.83. The number of rotatable bonds is 5. The molecule has 3 heterocycles. The van der Waals surface area contributed by atoms with E-state index in [-0.39, 0.29) is 11.7 Å². The predicted molar refractivity (Wildman–Crippen MR) is 116 cm³/mol. The van der Waals surface area contributed by atoms with Crippen molar-refractivity contribution in [1.29, 1.82) is 5.26 Å². The van der Waals surface area contributed by atoms with Crippen LogP contribution in [-0.2, 0) is 4.79 Å². The van der Waals surface area contributed by atoms with Crippen molar-refractivity contribution in [2.24, 2.45) is 0 Å². The number of carbonyl (C=O) groups is 1. The molecule has 156 valence electrons. The van der Waals surface area contributed by atoms with Crippen LogP contribution in [0.2, 0.25) is 0 Å². The number of hydrogen-bond donors (Lipinski definition) is 1. The van der Waals surface area contributed by atoms with E-state index in [0.29, 0.717) is 28.4 Å². The number of amides is 1. The van der Waals surface area contributed by atoms with E-state index in [1.54, 1.807) is 4.52 Å². The molecule has 0 aromatic carbocycles. The molecule has 0 bridgehead atoms. The number of carbonyl (C=O) groups excluding carboxylic acids is 1. The fourth-order valence-corrected chi connectivity index (χ4v) is 4.83. The number of fused-ring (bicyclic) bond motifs is 1. The number of hydrogen-bond acceptors (Lipinski definition) is 6. The number of nitriles is 1. The van der Waals surface area contributed by atoms with Gasteiger partial charge in [0.25, 0.3) is 5.78 Å². The first kappa shape index (κ1) is 20.4.